The number of carbonyl (C=O) groups is 1. The number of carbonyl (C=O) groups excluding carboxylic acids is 1. The molecule has 0 unspecified atom stereocenters. The second-order valence-electron chi connectivity index (χ2n) is 6.09. The van der Waals surface area contributed by atoms with Gasteiger partial charge in [0.1, 0.15) is 5.69 Å². The van der Waals surface area contributed by atoms with E-state index in [1.807, 2.05) is 43.4 Å². The second kappa shape index (κ2) is 7.42. The quantitative estimate of drug-likeness (QED) is 0.851. The van der Waals surface area contributed by atoms with E-state index in [1.165, 1.54) is 0 Å². The predicted molar refractivity (Wildman–Crippen MR) is 86.6 cm³/mol. The third kappa shape index (κ3) is 4.20. The van der Waals surface area contributed by atoms with Crippen molar-refractivity contribution in [3.63, 3.8) is 0 Å². The molecule has 3 rings (SSSR count). The lowest BCUT2D eigenvalue weighted by atomic mass is 9.98. The first-order valence-corrected chi connectivity index (χ1v) is 8.05. The molecule has 5 heteroatoms. The van der Waals surface area contributed by atoms with E-state index >= 15 is 0 Å². The molecule has 1 fully saturated rings. The Balaban J connectivity index is 1.56. The molecule has 0 spiro atoms. The molecular weight excluding hydrogens is 292 g/mol. The molecule has 1 atom stereocenters. The van der Waals surface area contributed by atoms with Crippen molar-refractivity contribution in [1.29, 1.82) is 0 Å². The molecule has 1 saturated heterocycles. The Morgan fingerprint density at radius 1 is 1.35 bits per heavy atom. The van der Waals surface area contributed by atoms with Gasteiger partial charge in [-0.1, -0.05) is 35.5 Å². The Labute approximate surface area is 136 Å². The van der Waals surface area contributed by atoms with Crippen molar-refractivity contribution >= 4 is 5.91 Å². The lowest BCUT2D eigenvalue weighted by Gasteiger charge is -2.24. The van der Waals surface area contributed by atoms with E-state index < -0.39 is 0 Å². The van der Waals surface area contributed by atoms with Crippen molar-refractivity contribution in [3.05, 3.63) is 42.1 Å². The number of nitrogens with zero attached hydrogens (tertiary/aromatic N) is 2. The Morgan fingerprint density at radius 3 is 2.91 bits per heavy atom. The van der Waals surface area contributed by atoms with Gasteiger partial charge in [-0.25, -0.2) is 0 Å². The van der Waals surface area contributed by atoms with Gasteiger partial charge in [0.05, 0.1) is 6.54 Å². The van der Waals surface area contributed by atoms with Gasteiger partial charge in [-0.2, -0.15) is 0 Å². The van der Waals surface area contributed by atoms with Crippen LogP contribution in [0.25, 0.3) is 11.3 Å². The summed E-state index contributed by atoms with van der Waals surface area (Å²) in [6.07, 6.45) is 2.66. The third-order valence-corrected chi connectivity index (χ3v) is 4.16. The average molecular weight is 314 g/mol. The van der Waals surface area contributed by atoms with Crippen LogP contribution < -0.4 is 0 Å². The van der Waals surface area contributed by atoms with E-state index in [1.54, 1.807) is 4.90 Å². The molecule has 0 N–H and O–H groups in total. The van der Waals surface area contributed by atoms with Crippen molar-refractivity contribution in [3.8, 4) is 11.3 Å². The number of ether oxygens (including phenoxy) is 1. The highest BCUT2D eigenvalue weighted by atomic mass is 16.5. The van der Waals surface area contributed by atoms with Crippen LogP contribution >= 0.6 is 0 Å². The van der Waals surface area contributed by atoms with Crippen LogP contribution in [0.2, 0.25) is 0 Å². The van der Waals surface area contributed by atoms with Gasteiger partial charge in [0.15, 0.2) is 5.76 Å². The van der Waals surface area contributed by atoms with Crippen LogP contribution in [0.3, 0.4) is 0 Å². The van der Waals surface area contributed by atoms with Crippen molar-refractivity contribution in [2.45, 2.75) is 25.8 Å². The summed E-state index contributed by atoms with van der Waals surface area (Å²) >= 11 is 0. The maximum atomic E-state index is 12.3. The molecule has 0 saturated carbocycles. The Hall–Kier alpha value is -2.14. The molecule has 2 aromatic rings. The van der Waals surface area contributed by atoms with Gasteiger partial charge in [0.25, 0.3) is 0 Å². The van der Waals surface area contributed by atoms with E-state index in [2.05, 4.69) is 5.16 Å². The van der Waals surface area contributed by atoms with Crippen LogP contribution in [0.5, 0.6) is 0 Å². The van der Waals surface area contributed by atoms with E-state index in [4.69, 9.17) is 9.26 Å². The minimum Gasteiger partial charge on any atom is -0.381 e. The summed E-state index contributed by atoms with van der Waals surface area (Å²) in [4.78, 5) is 14.0. The Bertz CT molecular complexity index is 633. The number of hydrogen-bond donors (Lipinski definition) is 0. The molecule has 23 heavy (non-hydrogen) atoms. The number of aromatic nitrogens is 1. The highest BCUT2D eigenvalue weighted by molar-refractivity contribution is 5.76. The molecule has 5 nitrogen and oxygen atoms in total. The zero-order chi connectivity index (χ0) is 16.1. The van der Waals surface area contributed by atoms with Gasteiger partial charge in [0, 0.05) is 38.3 Å². The van der Waals surface area contributed by atoms with Crippen molar-refractivity contribution in [2.24, 2.45) is 5.92 Å². The number of amides is 1. The lowest BCUT2D eigenvalue weighted by molar-refractivity contribution is -0.132. The predicted octanol–water partition coefficient (Wildman–Crippen LogP) is 3.12. The maximum Gasteiger partial charge on any atom is 0.223 e. The van der Waals surface area contributed by atoms with Crippen molar-refractivity contribution in [1.82, 2.24) is 10.1 Å². The second-order valence-corrected chi connectivity index (χ2v) is 6.09. The largest absolute Gasteiger partial charge is 0.381 e. The van der Waals surface area contributed by atoms with Crippen LogP contribution in [0.4, 0.5) is 0 Å². The normalized spacial score (nSPS) is 17.9. The van der Waals surface area contributed by atoms with Crippen LogP contribution in [-0.2, 0) is 16.1 Å². The summed E-state index contributed by atoms with van der Waals surface area (Å²) in [5.41, 5.74) is 1.75. The average Bonchev–Trinajstić information content (AvgIpc) is 3.05. The number of hydrogen-bond acceptors (Lipinski definition) is 4. The van der Waals surface area contributed by atoms with Gasteiger partial charge in [-0.15, -0.1) is 0 Å². The molecule has 1 amide bonds. The minimum absolute atomic E-state index is 0.129. The fourth-order valence-corrected chi connectivity index (χ4v) is 2.83. The maximum absolute atomic E-state index is 12.3. The summed E-state index contributed by atoms with van der Waals surface area (Å²) < 4.78 is 10.8. The Morgan fingerprint density at radius 2 is 2.17 bits per heavy atom. The number of rotatable bonds is 5. The monoisotopic (exact) mass is 314 g/mol. The van der Waals surface area contributed by atoms with Gasteiger partial charge in [-0.05, 0) is 18.8 Å². The first-order valence-electron chi connectivity index (χ1n) is 8.05. The standard InChI is InChI=1S/C18H22N2O3/c1-20(18(21)10-14-6-5-9-22-13-14)12-16-11-17(23-19-16)15-7-3-2-4-8-15/h2-4,7-8,11,14H,5-6,9-10,12-13H2,1H3/t14-/m1/s1. The molecule has 2 heterocycles. The summed E-state index contributed by atoms with van der Waals surface area (Å²) in [7, 11) is 1.81. The van der Waals surface area contributed by atoms with E-state index in [9.17, 15) is 4.79 Å². The zero-order valence-electron chi connectivity index (χ0n) is 13.4. The van der Waals surface area contributed by atoms with Crippen molar-refractivity contribution < 1.29 is 14.1 Å². The molecule has 1 aromatic carbocycles. The smallest absolute Gasteiger partial charge is 0.223 e. The fraction of sp³-hybridized carbons (Fsp3) is 0.444. The van der Waals surface area contributed by atoms with Gasteiger partial charge in [-0.3, -0.25) is 4.79 Å². The van der Waals surface area contributed by atoms with Crippen LogP contribution in [0.15, 0.2) is 40.9 Å². The lowest BCUT2D eigenvalue weighted by Crippen LogP contribution is -2.30. The van der Waals surface area contributed by atoms with E-state index in [0.717, 1.165) is 36.5 Å². The molecule has 1 aliphatic heterocycles. The van der Waals surface area contributed by atoms with E-state index in [-0.39, 0.29) is 5.91 Å². The highest BCUT2D eigenvalue weighted by Gasteiger charge is 2.20. The topological polar surface area (TPSA) is 55.6 Å². The van der Waals surface area contributed by atoms with Crippen LogP contribution in [-0.4, -0.2) is 36.2 Å². The summed E-state index contributed by atoms with van der Waals surface area (Å²) in [5, 5.41) is 4.07. The fourth-order valence-electron chi connectivity index (χ4n) is 2.83. The Kier molecular flexibility index (Phi) is 5.08. The first-order chi connectivity index (χ1) is 11.2. The summed E-state index contributed by atoms with van der Waals surface area (Å²) in [6, 6.07) is 11.7. The van der Waals surface area contributed by atoms with Gasteiger partial charge < -0.3 is 14.2 Å². The third-order valence-electron chi connectivity index (χ3n) is 4.16. The molecular formula is C18H22N2O3. The summed E-state index contributed by atoms with van der Waals surface area (Å²) in [6.45, 7) is 1.98. The molecule has 122 valence electrons. The van der Waals surface area contributed by atoms with Gasteiger partial charge >= 0.3 is 0 Å². The van der Waals surface area contributed by atoms with Crippen molar-refractivity contribution in [2.75, 3.05) is 20.3 Å². The van der Waals surface area contributed by atoms with Crippen LogP contribution in [0, 0.1) is 5.92 Å². The van der Waals surface area contributed by atoms with Crippen LogP contribution in [0.1, 0.15) is 25.0 Å². The highest BCUT2D eigenvalue weighted by Crippen LogP contribution is 2.21. The SMILES string of the molecule is CN(Cc1cc(-c2ccccc2)on1)C(=O)C[C@H]1CCCOC1. The number of benzene rings is 1. The zero-order valence-corrected chi connectivity index (χ0v) is 13.4. The minimum atomic E-state index is 0.129. The molecule has 1 aliphatic rings. The molecule has 0 aliphatic carbocycles. The molecule has 0 radical (unpaired) electrons. The van der Waals surface area contributed by atoms with E-state index in [0.29, 0.717) is 25.5 Å². The summed E-state index contributed by atoms with van der Waals surface area (Å²) in [5.74, 6) is 1.20. The molecule has 1 aromatic heterocycles. The van der Waals surface area contributed by atoms with Gasteiger partial charge in [0.2, 0.25) is 5.91 Å². The first kappa shape index (κ1) is 15.7. The molecule has 0 bridgehead atoms.